The molecule has 1 saturated heterocycles. The average Bonchev–Trinajstić information content (AvgIpc) is 3.35. The minimum atomic E-state index is -0.481. The Morgan fingerprint density at radius 2 is 1.86 bits per heavy atom. The van der Waals surface area contributed by atoms with Crippen molar-refractivity contribution in [2.75, 3.05) is 39.9 Å². The number of benzene rings is 1. The zero-order valence-corrected chi connectivity index (χ0v) is 22.0. The van der Waals surface area contributed by atoms with Crippen LogP contribution in [0.2, 0.25) is 5.02 Å². The molecule has 1 aliphatic heterocycles. The number of methoxy groups -OCH3 is 1. The van der Waals surface area contributed by atoms with E-state index >= 15 is 0 Å². The Labute approximate surface area is 217 Å². The Morgan fingerprint density at radius 1 is 1.14 bits per heavy atom. The number of aromatic nitrogens is 1. The molecule has 2 aromatic heterocycles. The van der Waals surface area contributed by atoms with Gasteiger partial charge < -0.3 is 19.6 Å². The molecule has 36 heavy (non-hydrogen) atoms. The van der Waals surface area contributed by atoms with Crippen molar-refractivity contribution in [3.8, 4) is 28.2 Å². The van der Waals surface area contributed by atoms with E-state index in [0.29, 0.717) is 35.5 Å². The summed E-state index contributed by atoms with van der Waals surface area (Å²) in [5, 5.41) is 13.7. The molecular formula is C28H35ClN3O4+. The monoisotopic (exact) mass is 512 g/mol. The van der Waals surface area contributed by atoms with E-state index in [1.165, 1.54) is 6.42 Å². The average molecular weight is 513 g/mol. The lowest BCUT2D eigenvalue weighted by Crippen LogP contribution is -2.61. The first-order valence-corrected chi connectivity index (χ1v) is 12.8. The SMILES string of the molecule is COCC[N+]1(C(=O)NCC(C)(C)c2cc(-c3ccncc3)c(-c3ccc(Cl)c(O)c3)o2)CCCCC1. The van der Waals surface area contributed by atoms with Gasteiger partial charge in [-0.2, -0.15) is 0 Å². The summed E-state index contributed by atoms with van der Waals surface area (Å²) >= 11 is 6.04. The third kappa shape index (κ3) is 5.59. The summed E-state index contributed by atoms with van der Waals surface area (Å²) in [6.07, 6.45) is 6.73. The Kier molecular flexibility index (Phi) is 8.03. The number of amides is 2. The van der Waals surface area contributed by atoms with E-state index in [0.717, 1.165) is 42.8 Å². The lowest BCUT2D eigenvalue weighted by molar-refractivity contribution is -0.856. The summed E-state index contributed by atoms with van der Waals surface area (Å²) in [6, 6.07) is 11.0. The number of pyridine rings is 1. The van der Waals surface area contributed by atoms with Crippen molar-refractivity contribution < 1.29 is 23.5 Å². The summed E-state index contributed by atoms with van der Waals surface area (Å²) in [6.45, 7) is 7.46. The molecule has 0 radical (unpaired) electrons. The van der Waals surface area contributed by atoms with Crippen LogP contribution in [0.3, 0.4) is 0 Å². The van der Waals surface area contributed by atoms with Gasteiger partial charge in [0.1, 0.15) is 23.8 Å². The molecule has 0 unspecified atom stereocenters. The number of nitrogens with zero attached hydrogens (tertiary/aromatic N) is 2. The van der Waals surface area contributed by atoms with Crippen LogP contribution in [0.1, 0.15) is 38.9 Å². The summed E-state index contributed by atoms with van der Waals surface area (Å²) in [7, 11) is 1.68. The molecule has 0 spiro atoms. The molecule has 1 fully saturated rings. The number of aromatic hydroxyl groups is 1. The van der Waals surface area contributed by atoms with Crippen molar-refractivity contribution >= 4 is 17.6 Å². The van der Waals surface area contributed by atoms with Gasteiger partial charge in [0, 0.05) is 42.6 Å². The van der Waals surface area contributed by atoms with Crippen LogP contribution in [0.4, 0.5) is 4.79 Å². The number of halogens is 1. The fraction of sp³-hybridized carbons (Fsp3) is 0.429. The molecule has 3 heterocycles. The first-order chi connectivity index (χ1) is 17.3. The maximum Gasteiger partial charge on any atom is 0.416 e. The number of hydrogen-bond acceptors (Lipinski definition) is 5. The van der Waals surface area contributed by atoms with Crippen LogP contribution in [0.25, 0.3) is 22.5 Å². The van der Waals surface area contributed by atoms with Crippen LogP contribution < -0.4 is 5.32 Å². The summed E-state index contributed by atoms with van der Waals surface area (Å²) < 4.78 is 12.2. The van der Waals surface area contributed by atoms with Gasteiger partial charge in [-0.1, -0.05) is 25.4 Å². The van der Waals surface area contributed by atoms with Gasteiger partial charge in [-0.15, -0.1) is 0 Å². The van der Waals surface area contributed by atoms with Gasteiger partial charge in [-0.05, 0) is 61.2 Å². The topological polar surface area (TPSA) is 84.6 Å². The fourth-order valence-corrected chi connectivity index (χ4v) is 4.92. The molecule has 7 nitrogen and oxygen atoms in total. The van der Waals surface area contributed by atoms with Crippen LogP contribution in [0.5, 0.6) is 5.75 Å². The van der Waals surface area contributed by atoms with Crippen molar-refractivity contribution in [3.05, 3.63) is 59.6 Å². The Hall–Kier alpha value is -2.87. The highest BCUT2D eigenvalue weighted by molar-refractivity contribution is 6.32. The largest absolute Gasteiger partial charge is 0.506 e. The molecule has 0 aliphatic carbocycles. The van der Waals surface area contributed by atoms with E-state index in [1.54, 1.807) is 31.6 Å². The van der Waals surface area contributed by atoms with Gasteiger partial charge >= 0.3 is 6.03 Å². The van der Waals surface area contributed by atoms with Gasteiger partial charge in [-0.25, -0.2) is 9.28 Å². The third-order valence-corrected chi connectivity index (χ3v) is 7.43. The maximum atomic E-state index is 13.4. The van der Waals surface area contributed by atoms with Crippen LogP contribution in [0.15, 0.2) is 53.2 Å². The minimum absolute atomic E-state index is 0.00840. The van der Waals surface area contributed by atoms with E-state index in [9.17, 15) is 9.90 Å². The molecule has 8 heteroatoms. The van der Waals surface area contributed by atoms with Crippen molar-refractivity contribution in [3.63, 3.8) is 0 Å². The first kappa shape index (κ1) is 26.2. The second-order valence-electron chi connectivity index (χ2n) is 10.2. The highest BCUT2D eigenvalue weighted by Crippen LogP contribution is 2.40. The molecule has 1 aliphatic rings. The zero-order valence-electron chi connectivity index (χ0n) is 21.2. The van der Waals surface area contributed by atoms with E-state index in [4.69, 9.17) is 20.8 Å². The standard InChI is InChI=1S/C28H34ClN3O4/c1-28(2,19-31-27(34)32(15-16-35-3)13-5-4-6-14-32)25-18-22(20-9-11-30-12-10-20)26(36-25)21-7-8-23(29)24(33)17-21/h7-12,17-18H,4-6,13-16,19H2,1-3H3,(H-,31,33,34)/p+1. The molecule has 0 saturated carbocycles. The Balaban J connectivity index is 1.62. The third-order valence-electron chi connectivity index (χ3n) is 7.11. The minimum Gasteiger partial charge on any atom is -0.506 e. The highest BCUT2D eigenvalue weighted by Gasteiger charge is 2.39. The predicted octanol–water partition coefficient (Wildman–Crippen LogP) is 6.00. The van der Waals surface area contributed by atoms with Crippen LogP contribution in [-0.4, -0.2) is 60.5 Å². The summed E-state index contributed by atoms with van der Waals surface area (Å²) in [5.74, 6) is 1.36. The van der Waals surface area contributed by atoms with Gasteiger partial charge in [-0.3, -0.25) is 4.98 Å². The molecule has 2 N–H and O–H groups in total. The fourth-order valence-electron chi connectivity index (χ4n) is 4.80. The van der Waals surface area contributed by atoms with Crippen molar-refractivity contribution in [2.24, 2.45) is 0 Å². The molecular weight excluding hydrogens is 478 g/mol. The van der Waals surface area contributed by atoms with Gasteiger partial charge in [0.25, 0.3) is 0 Å². The highest BCUT2D eigenvalue weighted by atomic mass is 35.5. The van der Waals surface area contributed by atoms with Crippen molar-refractivity contribution in [1.29, 1.82) is 0 Å². The van der Waals surface area contributed by atoms with Crippen molar-refractivity contribution in [1.82, 2.24) is 10.3 Å². The first-order valence-electron chi connectivity index (χ1n) is 12.4. The second kappa shape index (κ2) is 11.0. The Bertz CT molecular complexity index is 1190. The number of quaternary nitrogens is 1. The number of hydrogen-bond donors (Lipinski definition) is 2. The number of carbonyl (C=O) groups excluding carboxylic acids is 1. The molecule has 1 aromatic carbocycles. The number of phenolic OH excluding ortho intramolecular Hbond substituents is 1. The van der Waals surface area contributed by atoms with Crippen LogP contribution >= 0.6 is 11.6 Å². The van der Waals surface area contributed by atoms with E-state index in [2.05, 4.69) is 24.1 Å². The maximum absolute atomic E-state index is 13.4. The lowest BCUT2D eigenvalue weighted by Gasteiger charge is -2.39. The second-order valence-corrected chi connectivity index (χ2v) is 10.6. The molecule has 3 aromatic rings. The number of piperidine rings is 1. The van der Waals surface area contributed by atoms with E-state index < -0.39 is 5.41 Å². The zero-order chi connectivity index (χ0) is 25.8. The smallest absolute Gasteiger partial charge is 0.416 e. The lowest BCUT2D eigenvalue weighted by atomic mass is 9.89. The van der Waals surface area contributed by atoms with Gasteiger partial charge in [0.05, 0.1) is 24.7 Å². The molecule has 4 rings (SSSR count). The predicted molar refractivity (Wildman–Crippen MR) is 141 cm³/mol. The number of carbonyl (C=O) groups is 1. The number of urea groups is 1. The molecule has 0 atom stereocenters. The van der Waals surface area contributed by atoms with Gasteiger partial charge in [0.15, 0.2) is 0 Å². The van der Waals surface area contributed by atoms with Gasteiger partial charge in [0.2, 0.25) is 0 Å². The quantitative estimate of drug-likeness (QED) is 0.361. The van der Waals surface area contributed by atoms with E-state index in [-0.39, 0.29) is 16.8 Å². The number of ether oxygens (including phenoxy) is 1. The molecule has 0 bridgehead atoms. The number of nitrogens with one attached hydrogen (secondary N) is 1. The van der Waals surface area contributed by atoms with Crippen LogP contribution in [0, 0.1) is 0 Å². The summed E-state index contributed by atoms with van der Waals surface area (Å²) in [5.41, 5.74) is 2.06. The molecule has 2 amide bonds. The summed E-state index contributed by atoms with van der Waals surface area (Å²) in [4.78, 5) is 17.5. The van der Waals surface area contributed by atoms with E-state index in [1.807, 2.05) is 24.3 Å². The number of likely N-dealkylation sites (tertiary alicyclic amines) is 1. The number of rotatable bonds is 8. The van der Waals surface area contributed by atoms with Crippen molar-refractivity contribution in [2.45, 2.75) is 38.5 Å². The molecule has 192 valence electrons. The number of furan rings is 1. The number of phenols is 1. The van der Waals surface area contributed by atoms with Crippen LogP contribution in [-0.2, 0) is 10.2 Å². The normalized spacial score (nSPS) is 15.6. The Morgan fingerprint density at radius 3 is 2.53 bits per heavy atom.